The van der Waals surface area contributed by atoms with E-state index in [2.05, 4.69) is 5.10 Å². The Hall–Kier alpha value is -2.45. The number of amides is 1. The molecule has 0 radical (unpaired) electrons. The Morgan fingerprint density at radius 3 is 2.38 bits per heavy atom. The molecule has 9 heteroatoms. The van der Waals surface area contributed by atoms with Gasteiger partial charge >= 0.3 is 11.7 Å². The van der Waals surface area contributed by atoms with E-state index in [1.165, 1.54) is 18.5 Å². The van der Waals surface area contributed by atoms with E-state index in [0.29, 0.717) is 0 Å². The van der Waals surface area contributed by atoms with E-state index in [1.54, 1.807) is 11.8 Å². The highest BCUT2D eigenvalue weighted by atomic mass is 16.6. The molecule has 2 rings (SSSR count). The number of esters is 1. The van der Waals surface area contributed by atoms with Gasteiger partial charge in [-0.1, -0.05) is 0 Å². The van der Waals surface area contributed by atoms with Crippen molar-refractivity contribution >= 4 is 17.6 Å². The van der Waals surface area contributed by atoms with Crippen molar-refractivity contribution in [3.63, 3.8) is 0 Å². The lowest BCUT2D eigenvalue weighted by Gasteiger charge is -2.40. The van der Waals surface area contributed by atoms with Crippen LogP contribution in [0, 0.1) is 24.0 Å². The van der Waals surface area contributed by atoms with Crippen LogP contribution in [0.4, 0.5) is 5.69 Å². The molecule has 9 nitrogen and oxygen atoms in total. The predicted octanol–water partition coefficient (Wildman–Crippen LogP) is 2.13. The van der Waals surface area contributed by atoms with Crippen molar-refractivity contribution in [1.82, 2.24) is 14.7 Å². The van der Waals surface area contributed by atoms with E-state index >= 15 is 0 Å². The fourth-order valence-electron chi connectivity index (χ4n) is 3.58. The van der Waals surface area contributed by atoms with Gasteiger partial charge in [0.1, 0.15) is 17.9 Å². The number of ether oxygens (including phenoxy) is 1. The third-order valence-electron chi connectivity index (χ3n) is 4.91. The Bertz CT molecular complexity index is 704. The second-order valence-corrected chi connectivity index (χ2v) is 6.94. The van der Waals surface area contributed by atoms with Gasteiger partial charge in [0.2, 0.25) is 0 Å². The largest absolute Gasteiger partial charge is 0.451 e. The fourth-order valence-corrected chi connectivity index (χ4v) is 3.58. The molecule has 1 saturated heterocycles. The van der Waals surface area contributed by atoms with Crippen LogP contribution in [0.1, 0.15) is 51.4 Å². The first-order valence-corrected chi connectivity index (χ1v) is 8.83. The van der Waals surface area contributed by atoms with Gasteiger partial charge in [-0.2, -0.15) is 5.10 Å². The van der Waals surface area contributed by atoms with Gasteiger partial charge in [-0.05, 0) is 53.9 Å². The molecule has 1 fully saturated rings. The lowest BCUT2D eigenvalue weighted by Crippen LogP contribution is -2.51. The number of aromatic nitrogens is 2. The van der Waals surface area contributed by atoms with Crippen molar-refractivity contribution in [3.8, 4) is 0 Å². The number of carbonyl (C=O) groups excluding carboxylic acids is 2. The van der Waals surface area contributed by atoms with Crippen LogP contribution in [0.5, 0.6) is 0 Å². The normalized spacial score (nSPS) is 21.3. The molecule has 1 aromatic rings. The van der Waals surface area contributed by atoms with Crippen molar-refractivity contribution in [2.75, 3.05) is 0 Å². The first-order chi connectivity index (χ1) is 12.1. The van der Waals surface area contributed by atoms with Crippen molar-refractivity contribution < 1.29 is 19.2 Å². The Kier molecular flexibility index (Phi) is 5.99. The fraction of sp³-hybridized carbons (Fsp3) is 0.706. The van der Waals surface area contributed by atoms with Gasteiger partial charge in [-0.15, -0.1) is 0 Å². The monoisotopic (exact) mass is 366 g/mol. The molecule has 1 aliphatic heterocycles. The molecular formula is C17H26N4O5. The molecule has 0 saturated carbocycles. The first-order valence-electron chi connectivity index (χ1n) is 8.83. The van der Waals surface area contributed by atoms with Gasteiger partial charge in [-0.25, -0.2) is 0 Å². The summed E-state index contributed by atoms with van der Waals surface area (Å²) in [4.78, 5) is 37.1. The van der Waals surface area contributed by atoms with Crippen LogP contribution in [0.3, 0.4) is 0 Å². The predicted molar refractivity (Wildman–Crippen MR) is 93.5 cm³/mol. The molecule has 1 aromatic heterocycles. The molecule has 0 unspecified atom stereocenters. The van der Waals surface area contributed by atoms with E-state index in [9.17, 15) is 19.7 Å². The zero-order valence-electron chi connectivity index (χ0n) is 15.9. The van der Waals surface area contributed by atoms with Crippen LogP contribution < -0.4 is 0 Å². The lowest BCUT2D eigenvalue weighted by atomic mass is 9.97. The van der Waals surface area contributed by atoms with Gasteiger partial charge in [0.25, 0.3) is 5.91 Å². The third kappa shape index (κ3) is 4.03. The molecule has 0 N–H and O–H groups in total. The molecule has 3 atom stereocenters. The topological polar surface area (TPSA) is 108 Å². The average molecular weight is 366 g/mol. The number of hydrogen-bond donors (Lipinski definition) is 0. The highest BCUT2D eigenvalue weighted by molar-refractivity contribution is 5.84. The summed E-state index contributed by atoms with van der Waals surface area (Å²) in [6, 6.07) is 0.233. The molecule has 26 heavy (non-hydrogen) atoms. The number of carbonyl (C=O) groups is 2. The van der Waals surface area contributed by atoms with Crippen LogP contribution >= 0.6 is 0 Å². The molecule has 0 bridgehead atoms. The molecule has 2 heterocycles. The number of hydrogen-bond acceptors (Lipinski definition) is 6. The lowest BCUT2D eigenvalue weighted by molar-refractivity contribution is -0.386. The Labute approximate surface area is 152 Å². The summed E-state index contributed by atoms with van der Waals surface area (Å²) in [7, 11) is 0. The van der Waals surface area contributed by atoms with Crippen LogP contribution in [0.15, 0.2) is 0 Å². The zero-order chi connectivity index (χ0) is 19.6. The minimum Gasteiger partial charge on any atom is -0.451 e. The molecular weight excluding hydrogens is 340 g/mol. The number of rotatable bonds is 5. The number of aryl methyl sites for hydroxylation is 1. The summed E-state index contributed by atoms with van der Waals surface area (Å²) in [5.74, 6) is -0.860. The van der Waals surface area contributed by atoms with E-state index in [1.807, 2.05) is 13.8 Å². The second-order valence-electron chi connectivity index (χ2n) is 6.94. The molecule has 0 aliphatic carbocycles. The Balaban J connectivity index is 2.02. The number of piperidine rings is 1. The van der Waals surface area contributed by atoms with Crippen LogP contribution in [-0.2, 0) is 20.9 Å². The van der Waals surface area contributed by atoms with Gasteiger partial charge in [-0.3, -0.25) is 24.4 Å². The average Bonchev–Trinajstić information content (AvgIpc) is 2.80. The third-order valence-corrected chi connectivity index (χ3v) is 4.91. The summed E-state index contributed by atoms with van der Waals surface area (Å²) < 4.78 is 6.51. The quantitative estimate of drug-likeness (QED) is 0.449. The summed E-state index contributed by atoms with van der Waals surface area (Å²) in [6.45, 7) is 8.31. The van der Waals surface area contributed by atoms with Crippen LogP contribution in [0.25, 0.3) is 0 Å². The van der Waals surface area contributed by atoms with Gasteiger partial charge in [0.05, 0.1) is 4.92 Å². The van der Waals surface area contributed by atoms with Crippen molar-refractivity contribution in [3.05, 3.63) is 21.5 Å². The molecule has 1 amide bonds. The maximum atomic E-state index is 12.7. The van der Waals surface area contributed by atoms with Crippen molar-refractivity contribution in [1.29, 1.82) is 0 Å². The summed E-state index contributed by atoms with van der Waals surface area (Å²) in [6.07, 6.45) is 2.05. The number of nitro groups is 1. The molecule has 0 aromatic carbocycles. The van der Waals surface area contributed by atoms with Crippen LogP contribution in [0.2, 0.25) is 0 Å². The van der Waals surface area contributed by atoms with E-state index in [0.717, 1.165) is 19.3 Å². The zero-order valence-corrected chi connectivity index (χ0v) is 15.9. The maximum Gasteiger partial charge on any atom is 0.328 e. The van der Waals surface area contributed by atoms with Gasteiger partial charge < -0.3 is 9.64 Å². The smallest absolute Gasteiger partial charge is 0.328 e. The van der Waals surface area contributed by atoms with Gasteiger partial charge in [0, 0.05) is 12.1 Å². The minimum absolute atomic E-state index is 0.113. The summed E-state index contributed by atoms with van der Waals surface area (Å²) >= 11 is 0. The van der Waals surface area contributed by atoms with Gasteiger partial charge in [0.15, 0.2) is 6.10 Å². The molecule has 0 spiro atoms. The standard InChI is InChI=1S/C17H26N4O5/c1-10-7-6-8-11(2)20(10)17(23)14(5)26-15(22)9-19-13(4)16(21(24)25)12(3)18-19/h10-11,14H,6-9H2,1-5H3/t10-,11-,14-/m0/s1. The maximum absolute atomic E-state index is 12.7. The van der Waals surface area contributed by atoms with Crippen molar-refractivity contribution in [2.24, 2.45) is 0 Å². The van der Waals surface area contributed by atoms with Crippen molar-refractivity contribution in [2.45, 2.75) is 78.6 Å². The van der Waals surface area contributed by atoms with E-state index in [4.69, 9.17) is 4.74 Å². The Morgan fingerprint density at radius 2 is 1.88 bits per heavy atom. The first kappa shape index (κ1) is 19.9. The SMILES string of the molecule is Cc1nn(CC(=O)O[C@@H](C)C(=O)N2[C@@H](C)CCC[C@@H]2C)c(C)c1[N+](=O)[O-]. The van der Waals surface area contributed by atoms with E-state index < -0.39 is 17.0 Å². The summed E-state index contributed by atoms with van der Waals surface area (Å²) in [5, 5.41) is 15.0. The Morgan fingerprint density at radius 1 is 1.31 bits per heavy atom. The molecule has 144 valence electrons. The summed E-state index contributed by atoms with van der Waals surface area (Å²) in [5.41, 5.74) is 0.403. The molecule has 1 aliphatic rings. The second kappa shape index (κ2) is 7.84. The number of nitrogens with zero attached hydrogens (tertiary/aromatic N) is 4. The van der Waals surface area contributed by atoms with Crippen LogP contribution in [-0.4, -0.2) is 49.7 Å². The highest BCUT2D eigenvalue weighted by Crippen LogP contribution is 2.24. The van der Waals surface area contributed by atoms with E-state index in [-0.39, 0.29) is 41.6 Å². The highest BCUT2D eigenvalue weighted by Gasteiger charge is 2.33. The number of likely N-dealkylation sites (tertiary alicyclic amines) is 1. The minimum atomic E-state index is -0.905.